The van der Waals surface area contributed by atoms with Crippen LogP contribution in [0.3, 0.4) is 0 Å². The van der Waals surface area contributed by atoms with E-state index in [2.05, 4.69) is 14.7 Å². The van der Waals surface area contributed by atoms with E-state index in [0.29, 0.717) is 18.0 Å². The summed E-state index contributed by atoms with van der Waals surface area (Å²) in [7, 11) is 0. The molecule has 8 heteroatoms. The Bertz CT molecular complexity index is 502. The summed E-state index contributed by atoms with van der Waals surface area (Å²) in [5.74, 6) is 0.0748. The summed E-state index contributed by atoms with van der Waals surface area (Å²) >= 11 is 1.14. The van der Waals surface area contributed by atoms with E-state index in [4.69, 9.17) is 10.9 Å². The number of nitrogens with zero attached hydrogens (tertiary/aromatic N) is 4. The SMILES string of the molecule is CCCc1nnsc1C(=O)N1CCCC(C(N)=NO)C1. The molecule has 3 N–H and O–H groups in total. The molecule has 1 fully saturated rings. The molecule has 0 aromatic carbocycles. The number of carbonyl (C=O) groups excluding carboxylic acids is 1. The minimum Gasteiger partial charge on any atom is -0.409 e. The molecule has 0 radical (unpaired) electrons. The molecule has 0 saturated carbocycles. The number of aromatic nitrogens is 2. The first kappa shape index (κ1) is 14.7. The Labute approximate surface area is 121 Å². The zero-order chi connectivity index (χ0) is 14.5. The highest BCUT2D eigenvalue weighted by molar-refractivity contribution is 7.08. The Morgan fingerprint density at radius 2 is 2.45 bits per heavy atom. The molecule has 1 atom stereocenters. The largest absolute Gasteiger partial charge is 0.409 e. The summed E-state index contributed by atoms with van der Waals surface area (Å²) < 4.78 is 3.88. The molecule has 2 heterocycles. The molecule has 20 heavy (non-hydrogen) atoms. The van der Waals surface area contributed by atoms with Gasteiger partial charge in [-0.3, -0.25) is 4.79 Å². The van der Waals surface area contributed by atoms with Crippen LogP contribution < -0.4 is 5.73 Å². The Hall–Kier alpha value is -1.70. The number of aryl methyl sites for hydroxylation is 1. The Balaban J connectivity index is 2.10. The smallest absolute Gasteiger partial charge is 0.267 e. The summed E-state index contributed by atoms with van der Waals surface area (Å²) in [6, 6.07) is 0. The van der Waals surface area contributed by atoms with E-state index in [-0.39, 0.29) is 17.7 Å². The van der Waals surface area contributed by atoms with Crippen LogP contribution in [-0.2, 0) is 6.42 Å². The first-order chi connectivity index (χ1) is 9.67. The Kier molecular flexibility index (Phi) is 4.89. The molecule has 0 aliphatic carbocycles. The van der Waals surface area contributed by atoms with Crippen LogP contribution in [0.15, 0.2) is 5.16 Å². The van der Waals surface area contributed by atoms with E-state index in [1.54, 1.807) is 4.90 Å². The number of hydrogen-bond donors (Lipinski definition) is 2. The van der Waals surface area contributed by atoms with E-state index in [9.17, 15) is 4.79 Å². The van der Waals surface area contributed by atoms with Crippen LogP contribution in [0.4, 0.5) is 0 Å². The monoisotopic (exact) mass is 297 g/mol. The van der Waals surface area contributed by atoms with Gasteiger partial charge in [-0.2, -0.15) is 0 Å². The van der Waals surface area contributed by atoms with Crippen LogP contribution in [0.1, 0.15) is 41.6 Å². The van der Waals surface area contributed by atoms with Crippen molar-refractivity contribution in [1.29, 1.82) is 0 Å². The molecule has 110 valence electrons. The molecule has 1 unspecified atom stereocenters. The van der Waals surface area contributed by atoms with Gasteiger partial charge in [0.05, 0.1) is 5.69 Å². The maximum atomic E-state index is 12.5. The third-order valence-electron chi connectivity index (χ3n) is 3.48. The van der Waals surface area contributed by atoms with Gasteiger partial charge in [0.15, 0.2) is 0 Å². The van der Waals surface area contributed by atoms with Crippen LogP contribution in [-0.4, -0.2) is 44.5 Å². The molecule has 1 aliphatic heterocycles. The van der Waals surface area contributed by atoms with Gasteiger partial charge in [0.1, 0.15) is 10.7 Å². The summed E-state index contributed by atoms with van der Waals surface area (Å²) in [6.07, 6.45) is 3.37. The van der Waals surface area contributed by atoms with Gasteiger partial charge < -0.3 is 15.8 Å². The predicted octanol–water partition coefficient (Wildman–Crippen LogP) is 1.09. The van der Waals surface area contributed by atoms with Crippen LogP contribution in [0.5, 0.6) is 0 Å². The highest BCUT2D eigenvalue weighted by atomic mass is 32.1. The number of likely N-dealkylation sites (tertiary alicyclic amines) is 1. The summed E-state index contributed by atoms with van der Waals surface area (Å²) in [5.41, 5.74) is 6.42. The molecule has 0 spiro atoms. The van der Waals surface area contributed by atoms with Gasteiger partial charge >= 0.3 is 0 Å². The number of carbonyl (C=O) groups is 1. The number of amidine groups is 1. The van der Waals surface area contributed by atoms with Crippen molar-refractivity contribution < 1.29 is 10.0 Å². The van der Waals surface area contributed by atoms with Crippen molar-refractivity contribution in [2.45, 2.75) is 32.6 Å². The zero-order valence-corrected chi connectivity index (χ0v) is 12.3. The normalized spacial score (nSPS) is 20.1. The molecule has 1 saturated heterocycles. The second-order valence-corrected chi connectivity index (χ2v) is 5.67. The van der Waals surface area contributed by atoms with Crippen LogP contribution in [0, 0.1) is 5.92 Å². The van der Waals surface area contributed by atoms with Crippen molar-refractivity contribution in [2.24, 2.45) is 16.8 Å². The molecular formula is C12H19N5O2S. The summed E-state index contributed by atoms with van der Waals surface area (Å²) in [5, 5.41) is 15.8. The second-order valence-electron chi connectivity index (χ2n) is 4.91. The van der Waals surface area contributed by atoms with Gasteiger partial charge in [-0.1, -0.05) is 23.0 Å². The number of nitrogens with two attached hydrogens (primary N) is 1. The molecule has 7 nitrogen and oxygen atoms in total. The molecule has 1 aliphatic rings. The third kappa shape index (κ3) is 3.06. The molecule has 1 amide bonds. The fraction of sp³-hybridized carbons (Fsp3) is 0.667. The lowest BCUT2D eigenvalue weighted by molar-refractivity contribution is 0.0705. The van der Waals surface area contributed by atoms with Crippen LogP contribution >= 0.6 is 11.5 Å². The fourth-order valence-corrected chi connectivity index (χ4v) is 3.08. The summed E-state index contributed by atoms with van der Waals surface area (Å²) in [6.45, 7) is 3.22. The van der Waals surface area contributed by atoms with Crippen LogP contribution in [0.25, 0.3) is 0 Å². The van der Waals surface area contributed by atoms with Crippen molar-refractivity contribution >= 4 is 23.3 Å². The molecule has 0 bridgehead atoms. The predicted molar refractivity (Wildman–Crippen MR) is 75.9 cm³/mol. The lowest BCUT2D eigenvalue weighted by Gasteiger charge is -2.31. The number of hydrogen-bond acceptors (Lipinski definition) is 6. The topological polar surface area (TPSA) is 105 Å². The minimum absolute atomic E-state index is 0.0427. The maximum absolute atomic E-state index is 12.5. The van der Waals surface area contributed by atoms with Gasteiger partial charge in [-0.25, -0.2) is 0 Å². The minimum atomic E-state index is -0.0757. The first-order valence-corrected chi connectivity index (χ1v) is 7.52. The average Bonchev–Trinajstić information content (AvgIpc) is 2.94. The summed E-state index contributed by atoms with van der Waals surface area (Å²) in [4.78, 5) is 14.9. The van der Waals surface area contributed by atoms with Gasteiger partial charge in [0.25, 0.3) is 5.91 Å². The Morgan fingerprint density at radius 3 is 3.15 bits per heavy atom. The Morgan fingerprint density at radius 1 is 1.65 bits per heavy atom. The number of oxime groups is 1. The van der Waals surface area contributed by atoms with E-state index in [1.807, 2.05) is 6.92 Å². The average molecular weight is 297 g/mol. The van der Waals surface area contributed by atoms with Crippen molar-refractivity contribution in [3.8, 4) is 0 Å². The van der Waals surface area contributed by atoms with E-state index in [1.165, 1.54) is 0 Å². The fourth-order valence-electron chi connectivity index (χ4n) is 2.40. The highest BCUT2D eigenvalue weighted by Gasteiger charge is 2.29. The quantitative estimate of drug-likeness (QED) is 0.374. The number of amides is 1. The lowest BCUT2D eigenvalue weighted by Crippen LogP contribution is -2.44. The number of piperidine rings is 1. The molecule has 2 rings (SSSR count). The highest BCUT2D eigenvalue weighted by Crippen LogP contribution is 2.21. The van der Waals surface area contributed by atoms with Gasteiger partial charge in [-0.15, -0.1) is 5.10 Å². The van der Waals surface area contributed by atoms with Crippen LogP contribution in [0.2, 0.25) is 0 Å². The van der Waals surface area contributed by atoms with Gasteiger partial charge in [-0.05, 0) is 30.8 Å². The third-order valence-corrected chi connectivity index (χ3v) is 4.24. The lowest BCUT2D eigenvalue weighted by atomic mass is 9.97. The van der Waals surface area contributed by atoms with Crippen molar-refractivity contribution in [2.75, 3.05) is 13.1 Å². The number of rotatable bonds is 4. The first-order valence-electron chi connectivity index (χ1n) is 6.75. The van der Waals surface area contributed by atoms with Crippen molar-refractivity contribution in [3.05, 3.63) is 10.6 Å². The van der Waals surface area contributed by atoms with E-state index >= 15 is 0 Å². The van der Waals surface area contributed by atoms with Crippen molar-refractivity contribution in [1.82, 2.24) is 14.5 Å². The standard InChI is InChI=1S/C12H19N5O2S/c1-2-4-9-10(20-16-14-9)12(18)17-6-3-5-8(7-17)11(13)15-19/h8,19H,2-7H2,1H3,(H2,13,15). The second kappa shape index (κ2) is 6.65. The van der Waals surface area contributed by atoms with Crippen molar-refractivity contribution in [3.63, 3.8) is 0 Å². The van der Waals surface area contributed by atoms with Gasteiger partial charge in [0.2, 0.25) is 0 Å². The zero-order valence-electron chi connectivity index (χ0n) is 11.4. The van der Waals surface area contributed by atoms with E-state index in [0.717, 1.165) is 42.9 Å². The molecular weight excluding hydrogens is 278 g/mol. The maximum Gasteiger partial charge on any atom is 0.267 e. The van der Waals surface area contributed by atoms with Gasteiger partial charge in [0, 0.05) is 19.0 Å². The molecule has 1 aromatic rings. The van der Waals surface area contributed by atoms with E-state index < -0.39 is 0 Å². The molecule has 1 aromatic heterocycles.